The molecular weight excluding hydrogens is 962 g/mol. The molecule has 3 aliphatic rings. The minimum atomic E-state index is -5.34. The van der Waals surface area contributed by atoms with Gasteiger partial charge in [-0.15, -0.1) is 0 Å². The van der Waals surface area contributed by atoms with Gasteiger partial charge in [0.25, 0.3) is 26.4 Å². The molecule has 64 heavy (non-hydrogen) atoms. The second kappa shape index (κ2) is 20.3. The first kappa shape index (κ1) is 50.5. The van der Waals surface area contributed by atoms with Crippen LogP contribution in [-0.4, -0.2) is 61.6 Å². The van der Waals surface area contributed by atoms with Crippen LogP contribution in [0.15, 0.2) is 212 Å². The van der Waals surface area contributed by atoms with E-state index in [-0.39, 0.29) is 120 Å². The summed E-state index contributed by atoms with van der Waals surface area (Å²) in [5.41, 5.74) is 0. The molecule has 306 valence electrons. The third-order valence-electron chi connectivity index (χ3n) is 10.3. The molecule has 3 aliphatic heterocycles. The summed E-state index contributed by atoms with van der Waals surface area (Å²) in [6.45, 7) is 0. The van der Waals surface area contributed by atoms with E-state index in [1.54, 1.807) is 206 Å². The normalized spacial score (nSPS) is 30.9. The van der Waals surface area contributed by atoms with Gasteiger partial charge in [-0.05, 0) is 15.6 Å². The van der Waals surface area contributed by atoms with E-state index in [0.717, 1.165) is 0 Å². The molecular formula is C42H35Na3O12Si7. The Balaban J connectivity index is 0.00000204. The van der Waals surface area contributed by atoms with Crippen LogP contribution in [0.3, 0.4) is 0 Å². The zero-order chi connectivity index (χ0) is 41.7. The third-order valence-corrected chi connectivity index (χ3v) is 36.9. The maximum absolute atomic E-state index is 16.4. The smallest absolute Gasteiger partial charge is 0.814 e. The number of hydrogen-bond donors (Lipinski definition) is 0. The first-order chi connectivity index (χ1) is 29.6. The summed E-state index contributed by atoms with van der Waals surface area (Å²) < 4.78 is 65.1. The molecule has 3 saturated heterocycles. The Morgan fingerprint density at radius 2 is 0.344 bits per heavy atom. The van der Waals surface area contributed by atoms with Crippen molar-refractivity contribution in [1.29, 1.82) is 0 Å². The van der Waals surface area contributed by atoms with Crippen LogP contribution in [0.25, 0.3) is 0 Å². The maximum Gasteiger partial charge on any atom is 1.00 e. The molecule has 0 aromatic heterocycles. The van der Waals surface area contributed by atoms with Crippen molar-refractivity contribution in [3.8, 4) is 0 Å². The molecule has 10 rings (SSSR count). The van der Waals surface area contributed by atoms with Gasteiger partial charge < -0.3 is 51.4 Å². The first-order valence-corrected chi connectivity index (χ1v) is 31.5. The predicted molar refractivity (Wildman–Crippen MR) is 233 cm³/mol. The summed E-state index contributed by atoms with van der Waals surface area (Å²) in [6.07, 6.45) is 0. The van der Waals surface area contributed by atoms with Gasteiger partial charge in [0.05, 0.1) is 0 Å². The van der Waals surface area contributed by atoms with Crippen LogP contribution < -0.4 is 139 Å². The fourth-order valence-electron chi connectivity index (χ4n) is 7.46. The SMILES string of the molecule is [Na+].[Na+].[Na+].[O-][Si]1(c2ccccc2)O[Si]2(c3ccccc3)O[Si]([O-])(c3ccccc3)O[Si]3(c4ccccc4)O[Si]([O-])(c4ccccc4)O[Si](c4ccccc4)(O1)O[Si](c1ccccc1)(O2)O3. The Labute approximate surface area is 445 Å². The standard InChI is InChI=1S/C42H35O12Si7.3Na/c43-55(36-22-8-1-9-23-36)46-58(39-28-14-4-15-29-39)48-56(44,37-24-10-2-11-25-37)50-60(41-32-18-6-19-33-41)51-57(45,38-26-12-3-13-27-38)49-59(47-55,40-30-16-5-17-31-40)53-61(52-58,54-60)42-34-20-7-21-35-42;;;/h1-35H;;;/q-3;3*+1. The van der Waals surface area contributed by atoms with E-state index < -0.39 is 61.6 Å². The van der Waals surface area contributed by atoms with Crippen LogP contribution in [0.2, 0.25) is 0 Å². The fraction of sp³-hybridized carbons (Fsp3) is 0. The van der Waals surface area contributed by atoms with Gasteiger partial charge in [-0.1, -0.05) is 212 Å². The van der Waals surface area contributed by atoms with Gasteiger partial charge in [-0.2, -0.15) is 0 Å². The van der Waals surface area contributed by atoms with E-state index in [0.29, 0.717) is 5.19 Å². The Kier molecular flexibility index (Phi) is 16.0. The Bertz CT molecular complexity index is 2340. The molecule has 0 saturated carbocycles. The molecule has 22 heteroatoms. The molecule has 0 unspecified atom stereocenters. The summed E-state index contributed by atoms with van der Waals surface area (Å²) >= 11 is 0. The molecule has 0 radical (unpaired) electrons. The van der Waals surface area contributed by atoms with Crippen molar-refractivity contribution in [3.63, 3.8) is 0 Å². The van der Waals surface area contributed by atoms with Crippen molar-refractivity contribution in [2.75, 3.05) is 0 Å². The quantitative estimate of drug-likeness (QED) is 0.140. The summed E-state index contributed by atoms with van der Waals surface area (Å²) in [7, 11) is -36.1. The zero-order valence-electron chi connectivity index (χ0n) is 35.1. The fourth-order valence-corrected chi connectivity index (χ4v) is 41.0. The number of hydrogen-bond acceptors (Lipinski definition) is 12. The summed E-state index contributed by atoms with van der Waals surface area (Å²) in [5.74, 6) is 0. The van der Waals surface area contributed by atoms with Gasteiger partial charge in [-0.3, -0.25) is 0 Å². The summed E-state index contributed by atoms with van der Waals surface area (Å²) in [5, 5.41) is 1.39. The third kappa shape index (κ3) is 9.48. The second-order valence-electron chi connectivity index (χ2n) is 14.4. The molecule has 0 atom stereocenters. The van der Waals surface area contributed by atoms with Gasteiger partial charge in [0.15, 0.2) is 0 Å². The van der Waals surface area contributed by atoms with Gasteiger partial charge >= 0.3 is 124 Å². The van der Waals surface area contributed by atoms with Crippen LogP contribution in [-0.2, 0) is 37.0 Å². The monoisotopic (exact) mass is 996 g/mol. The van der Waals surface area contributed by atoms with Gasteiger partial charge in [0.1, 0.15) is 0 Å². The minimum Gasteiger partial charge on any atom is -0.814 e. The Hall–Kier alpha value is -1.42. The van der Waals surface area contributed by atoms with Gasteiger partial charge in [0, 0.05) is 20.7 Å². The maximum atomic E-state index is 16.4. The molecule has 3 fully saturated rings. The van der Waals surface area contributed by atoms with E-state index in [4.69, 9.17) is 37.0 Å². The summed E-state index contributed by atoms with van der Waals surface area (Å²) in [4.78, 5) is 49.3. The van der Waals surface area contributed by atoms with Crippen molar-refractivity contribution in [1.82, 2.24) is 0 Å². The molecule has 0 N–H and O–H groups in total. The first-order valence-electron chi connectivity index (χ1n) is 19.4. The second-order valence-corrected chi connectivity index (χ2v) is 33.6. The van der Waals surface area contributed by atoms with Crippen molar-refractivity contribution >= 4 is 97.9 Å². The van der Waals surface area contributed by atoms with Gasteiger partial charge in [0.2, 0.25) is 0 Å². The van der Waals surface area contributed by atoms with Crippen molar-refractivity contribution in [3.05, 3.63) is 212 Å². The van der Waals surface area contributed by atoms with Crippen molar-refractivity contribution < 1.29 is 140 Å². The van der Waals surface area contributed by atoms with Crippen LogP contribution >= 0.6 is 0 Å². The molecule has 0 aliphatic carbocycles. The van der Waals surface area contributed by atoms with E-state index in [1.807, 2.05) is 6.07 Å². The van der Waals surface area contributed by atoms with E-state index in [2.05, 4.69) is 0 Å². The molecule has 3 heterocycles. The van der Waals surface area contributed by atoms with E-state index >= 15 is 14.4 Å². The molecule has 12 nitrogen and oxygen atoms in total. The van der Waals surface area contributed by atoms with E-state index in [9.17, 15) is 0 Å². The van der Waals surface area contributed by atoms with Crippen molar-refractivity contribution in [2.24, 2.45) is 0 Å². The van der Waals surface area contributed by atoms with Gasteiger partial charge in [-0.25, -0.2) is 0 Å². The molecule has 0 amide bonds. The molecule has 0 spiro atoms. The van der Waals surface area contributed by atoms with Crippen LogP contribution in [0.1, 0.15) is 0 Å². The number of fused-ring (bicyclic) bond motifs is 3. The van der Waals surface area contributed by atoms with E-state index in [1.165, 1.54) is 0 Å². The topological polar surface area (TPSA) is 152 Å². The minimum absolute atomic E-state index is 0. The van der Waals surface area contributed by atoms with Crippen LogP contribution in [0, 0.1) is 0 Å². The largest absolute Gasteiger partial charge is 1.00 e. The van der Waals surface area contributed by atoms with Crippen LogP contribution in [0.5, 0.6) is 0 Å². The average Bonchev–Trinajstić information content (AvgIpc) is 3.29. The van der Waals surface area contributed by atoms with Crippen LogP contribution in [0.4, 0.5) is 0 Å². The molecule has 4 bridgehead atoms. The summed E-state index contributed by atoms with van der Waals surface area (Å²) in [6, 6.07) is 59.3. The Morgan fingerprint density at radius 1 is 0.203 bits per heavy atom. The average molecular weight is 997 g/mol. The van der Waals surface area contributed by atoms with Crippen molar-refractivity contribution in [2.45, 2.75) is 0 Å². The predicted octanol–water partition coefficient (Wildman–Crippen LogP) is -9.81. The number of benzene rings is 7. The molecule has 7 aromatic carbocycles. The zero-order valence-corrected chi connectivity index (χ0v) is 48.1. The molecule has 7 aromatic rings. The Morgan fingerprint density at radius 3 is 0.516 bits per heavy atom. The number of rotatable bonds is 7.